The standard InChI is InChI=1S/C15H19BrN2/c1-2-3-4-5-9-17-14-8-6-7-12-10-13(16)11-18-15(12)14/h6-8,10-11,17H,2-5,9H2,1H3. The summed E-state index contributed by atoms with van der Waals surface area (Å²) in [5, 5.41) is 4.66. The number of unbranched alkanes of at least 4 members (excludes halogenated alkanes) is 3. The zero-order chi connectivity index (χ0) is 12.8. The maximum Gasteiger partial charge on any atom is 0.0934 e. The molecule has 0 saturated carbocycles. The van der Waals surface area contributed by atoms with Crippen LogP contribution in [0.1, 0.15) is 32.6 Å². The lowest BCUT2D eigenvalue weighted by Gasteiger charge is -2.09. The van der Waals surface area contributed by atoms with Gasteiger partial charge in [-0.1, -0.05) is 38.3 Å². The number of hydrogen-bond donors (Lipinski definition) is 1. The molecule has 1 N–H and O–H groups in total. The average molecular weight is 307 g/mol. The molecule has 3 heteroatoms. The van der Waals surface area contributed by atoms with E-state index in [4.69, 9.17) is 0 Å². The van der Waals surface area contributed by atoms with Crippen molar-refractivity contribution < 1.29 is 0 Å². The van der Waals surface area contributed by atoms with Crippen LogP contribution in [0.2, 0.25) is 0 Å². The van der Waals surface area contributed by atoms with Crippen molar-refractivity contribution in [2.45, 2.75) is 32.6 Å². The summed E-state index contributed by atoms with van der Waals surface area (Å²) in [4.78, 5) is 4.49. The Morgan fingerprint density at radius 2 is 2.11 bits per heavy atom. The highest BCUT2D eigenvalue weighted by atomic mass is 79.9. The number of para-hydroxylation sites is 1. The summed E-state index contributed by atoms with van der Waals surface area (Å²) in [7, 11) is 0. The molecule has 96 valence electrons. The molecule has 2 rings (SSSR count). The second kappa shape index (κ2) is 6.74. The van der Waals surface area contributed by atoms with Crippen molar-refractivity contribution in [3.63, 3.8) is 0 Å². The fourth-order valence-electron chi connectivity index (χ4n) is 2.05. The Balaban J connectivity index is 2.04. The van der Waals surface area contributed by atoms with Gasteiger partial charge in [0.05, 0.1) is 11.2 Å². The van der Waals surface area contributed by atoms with Crippen LogP contribution in [-0.4, -0.2) is 11.5 Å². The van der Waals surface area contributed by atoms with Gasteiger partial charge in [-0.3, -0.25) is 4.98 Å². The number of nitrogens with zero attached hydrogens (tertiary/aromatic N) is 1. The number of aromatic nitrogens is 1. The van der Waals surface area contributed by atoms with Crippen molar-refractivity contribution in [1.82, 2.24) is 4.98 Å². The molecule has 0 spiro atoms. The SMILES string of the molecule is CCCCCCNc1cccc2cc(Br)cnc12. The van der Waals surface area contributed by atoms with Gasteiger partial charge in [0.15, 0.2) is 0 Å². The van der Waals surface area contributed by atoms with Crippen LogP contribution >= 0.6 is 15.9 Å². The second-order valence-corrected chi connectivity index (χ2v) is 5.43. The first-order chi connectivity index (χ1) is 8.81. The normalized spacial score (nSPS) is 10.8. The molecular formula is C15H19BrN2. The molecule has 0 unspecified atom stereocenters. The minimum atomic E-state index is 1.02. The van der Waals surface area contributed by atoms with Crippen LogP contribution in [0, 0.1) is 0 Å². The molecule has 1 aromatic heterocycles. The van der Waals surface area contributed by atoms with E-state index in [-0.39, 0.29) is 0 Å². The van der Waals surface area contributed by atoms with E-state index in [1.165, 1.54) is 31.1 Å². The third kappa shape index (κ3) is 3.45. The van der Waals surface area contributed by atoms with Crippen molar-refractivity contribution in [1.29, 1.82) is 0 Å². The van der Waals surface area contributed by atoms with Crippen LogP contribution in [0.15, 0.2) is 34.9 Å². The summed E-state index contributed by atoms with van der Waals surface area (Å²) in [6, 6.07) is 8.37. The molecule has 1 heterocycles. The fourth-order valence-corrected chi connectivity index (χ4v) is 2.40. The molecule has 0 atom stereocenters. The molecule has 0 aliphatic heterocycles. The smallest absolute Gasteiger partial charge is 0.0934 e. The van der Waals surface area contributed by atoms with E-state index in [0.29, 0.717) is 0 Å². The summed E-state index contributed by atoms with van der Waals surface area (Å²) >= 11 is 3.46. The molecule has 2 aromatic rings. The first kappa shape index (κ1) is 13.3. The largest absolute Gasteiger partial charge is 0.383 e. The van der Waals surface area contributed by atoms with E-state index in [2.05, 4.69) is 57.4 Å². The van der Waals surface area contributed by atoms with Gasteiger partial charge in [-0.15, -0.1) is 0 Å². The highest BCUT2D eigenvalue weighted by Gasteiger charge is 2.01. The molecule has 0 saturated heterocycles. The van der Waals surface area contributed by atoms with Gasteiger partial charge in [0, 0.05) is 22.6 Å². The molecule has 18 heavy (non-hydrogen) atoms. The van der Waals surface area contributed by atoms with Crippen LogP contribution in [-0.2, 0) is 0 Å². The Hall–Kier alpha value is -1.09. The second-order valence-electron chi connectivity index (χ2n) is 4.52. The summed E-state index contributed by atoms with van der Waals surface area (Å²) in [6.45, 7) is 3.26. The highest BCUT2D eigenvalue weighted by molar-refractivity contribution is 9.10. The van der Waals surface area contributed by atoms with Crippen molar-refractivity contribution in [3.05, 3.63) is 34.9 Å². The Morgan fingerprint density at radius 1 is 1.22 bits per heavy atom. The van der Waals surface area contributed by atoms with E-state index < -0.39 is 0 Å². The van der Waals surface area contributed by atoms with Gasteiger partial charge in [-0.05, 0) is 34.5 Å². The summed E-state index contributed by atoms with van der Waals surface area (Å²) in [5.41, 5.74) is 2.19. The third-order valence-corrected chi connectivity index (χ3v) is 3.46. The summed E-state index contributed by atoms with van der Waals surface area (Å²) < 4.78 is 1.02. The fraction of sp³-hybridized carbons (Fsp3) is 0.400. The zero-order valence-electron chi connectivity index (χ0n) is 10.7. The maximum absolute atomic E-state index is 4.49. The van der Waals surface area contributed by atoms with E-state index in [9.17, 15) is 0 Å². The lowest BCUT2D eigenvalue weighted by molar-refractivity contribution is 0.685. The van der Waals surface area contributed by atoms with E-state index >= 15 is 0 Å². The van der Waals surface area contributed by atoms with Gasteiger partial charge in [0.25, 0.3) is 0 Å². The predicted molar refractivity (Wildman–Crippen MR) is 82.1 cm³/mol. The van der Waals surface area contributed by atoms with Gasteiger partial charge in [0.2, 0.25) is 0 Å². The summed E-state index contributed by atoms with van der Waals surface area (Å²) in [5.74, 6) is 0. The van der Waals surface area contributed by atoms with Crippen LogP contribution in [0.5, 0.6) is 0 Å². The van der Waals surface area contributed by atoms with Crippen LogP contribution in [0.25, 0.3) is 10.9 Å². The first-order valence-corrected chi connectivity index (χ1v) is 7.38. The van der Waals surface area contributed by atoms with Crippen molar-refractivity contribution in [2.24, 2.45) is 0 Å². The number of fused-ring (bicyclic) bond motifs is 1. The van der Waals surface area contributed by atoms with Crippen molar-refractivity contribution in [2.75, 3.05) is 11.9 Å². The molecule has 0 aliphatic carbocycles. The molecule has 0 aliphatic rings. The van der Waals surface area contributed by atoms with Crippen LogP contribution in [0.3, 0.4) is 0 Å². The molecular weight excluding hydrogens is 288 g/mol. The zero-order valence-corrected chi connectivity index (χ0v) is 12.3. The molecule has 0 bridgehead atoms. The maximum atomic E-state index is 4.49. The minimum Gasteiger partial charge on any atom is -0.383 e. The van der Waals surface area contributed by atoms with Crippen LogP contribution in [0.4, 0.5) is 5.69 Å². The van der Waals surface area contributed by atoms with Gasteiger partial charge >= 0.3 is 0 Å². The number of nitrogens with one attached hydrogen (secondary N) is 1. The molecule has 0 fully saturated rings. The lowest BCUT2D eigenvalue weighted by atomic mass is 10.1. The number of anilines is 1. The molecule has 0 amide bonds. The lowest BCUT2D eigenvalue weighted by Crippen LogP contribution is -2.02. The number of halogens is 1. The highest BCUT2D eigenvalue weighted by Crippen LogP contribution is 2.23. The minimum absolute atomic E-state index is 1.02. The molecule has 1 aromatic carbocycles. The van der Waals surface area contributed by atoms with Crippen LogP contribution < -0.4 is 5.32 Å². The van der Waals surface area contributed by atoms with Gasteiger partial charge < -0.3 is 5.32 Å². The third-order valence-electron chi connectivity index (χ3n) is 3.02. The van der Waals surface area contributed by atoms with Gasteiger partial charge in [-0.2, -0.15) is 0 Å². The Bertz CT molecular complexity index is 511. The van der Waals surface area contributed by atoms with Crippen molar-refractivity contribution >= 4 is 32.5 Å². The Labute approximate surface area is 117 Å². The summed E-state index contributed by atoms with van der Waals surface area (Å²) in [6.07, 6.45) is 6.98. The molecule has 0 radical (unpaired) electrons. The quantitative estimate of drug-likeness (QED) is 0.761. The average Bonchev–Trinajstić information content (AvgIpc) is 2.38. The van der Waals surface area contributed by atoms with Gasteiger partial charge in [0.1, 0.15) is 0 Å². The van der Waals surface area contributed by atoms with E-state index in [0.717, 1.165) is 22.2 Å². The van der Waals surface area contributed by atoms with Gasteiger partial charge in [-0.25, -0.2) is 0 Å². The number of pyridine rings is 1. The Morgan fingerprint density at radius 3 is 2.94 bits per heavy atom. The topological polar surface area (TPSA) is 24.9 Å². The number of rotatable bonds is 6. The predicted octanol–water partition coefficient (Wildman–Crippen LogP) is 4.99. The van der Waals surface area contributed by atoms with E-state index in [1.54, 1.807) is 0 Å². The Kier molecular flexibility index (Phi) is 5.00. The number of hydrogen-bond acceptors (Lipinski definition) is 2. The monoisotopic (exact) mass is 306 g/mol. The van der Waals surface area contributed by atoms with E-state index in [1.807, 2.05) is 6.20 Å². The van der Waals surface area contributed by atoms with Crippen molar-refractivity contribution in [3.8, 4) is 0 Å². The number of benzene rings is 1. The molecule has 2 nitrogen and oxygen atoms in total. The first-order valence-electron chi connectivity index (χ1n) is 6.59.